The number of fused-ring (bicyclic) bond motifs is 2. The lowest BCUT2D eigenvalue weighted by Gasteiger charge is -2.35. The van der Waals surface area contributed by atoms with E-state index in [1.807, 2.05) is 19.1 Å². The van der Waals surface area contributed by atoms with Crippen LogP contribution >= 0.6 is 0 Å². The second-order valence-electron chi connectivity index (χ2n) is 9.32. The number of carbonyl (C=O) groups is 3. The Hall–Kier alpha value is -3.69. The van der Waals surface area contributed by atoms with Gasteiger partial charge in [-0.15, -0.1) is 0 Å². The molecule has 0 saturated carbocycles. The van der Waals surface area contributed by atoms with Crippen molar-refractivity contribution in [2.24, 2.45) is 0 Å². The predicted octanol–water partition coefficient (Wildman–Crippen LogP) is 2.36. The second-order valence-corrected chi connectivity index (χ2v) is 9.32. The summed E-state index contributed by atoms with van der Waals surface area (Å²) in [6.07, 6.45) is 0.568. The van der Waals surface area contributed by atoms with Crippen LogP contribution in [0.2, 0.25) is 0 Å². The summed E-state index contributed by atoms with van der Waals surface area (Å²) in [6, 6.07) is 13.7. The number of aliphatic hydroxyl groups excluding tert-OH is 1. The Labute approximate surface area is 215 Å². The highest BCUT2D eigenvalue weighted by atomic mass is 16.5. The smallest absolute Gasteiger partial charge is 0.296 e. The fourth-order valence-electron chi connectivity index (χ4n) is 5.65. The van der Waals surface area contributed by atoms with Gasteiger partial charge in [0.2, 0.25) is 0 Å². The van der Waals surface area contributed by atoms with Gasteiger partial charge in [0.1, 0.15) is 11.5 Å². The molecule has 37 heavy (non-hydrogen) atoms. The van der Waals surface area contributed by atoms with Crippen molar-refractivity contribution in [2.75, 3.05) is 57.9 Å². The van der Waals surface area contributed by atoms with Gasteiger partial charge in [-0.2, -0.15) is 0 Å². The average Bonchev–Trinajstić information content (AvgIpc) is 3.31. The number of aliphatic hydroxyl groups is 1. The van der Waals surface area contributed by atoms with E-state index in [9.17, 15) is 19.5 Å². The first kappa shape index (κ1) is 25.0. The summed E-state index contributed by atoms with van der Waals surface area (Å²) < 4.78 is 10.6. The first-order valence-electron chi connectivity index (χ1n) is 12.6. The number of rotatable bonds is 7. The monoisotopic (exact) mass is 505 g/mol. The van der Waals surface area contributed by atoms with Gasteiger partial charge in [0, 0.05) is 43.9 Å². The van der Waals surface area contributed by atoms with Crippen molar-refractivity contribution in [3.8, 4) is 5.75 Å². The number of ketones is 1. The number of nitrogens with zero attached hydrogens (tertiary/aromatic N) is 3. The lowest BCUT2D eigenvalue weighted by molar-refractivity contribution is -0.143. The number of carbonyl (C=O) groups excluding carboxylic acids is 3. The zero-order valence-corrected chi connectivity index (χ0v) is 21.1. The molecular formula is C28H31N3O6. The quantitative estimate of drug-likeness (QED) is 0.350. The van der Waals surface area contributed by atoms with E-state index in [1.165, 1.54) is 12.0 Å². The number of amides is 2. The fourth-order valence-corrected chi connectivity index (χ4v) is 5.65. The van der Waals surface area contributed by atoms with Gasteiger partial charge < -0.3 is 24.4 Å². The fraction of sp³-hybridized carbons (Fsp3) is 0.393. The summed E-state index contributed by atoms with van der Waals surface area (Å²) in [6.45, 7) is 6.02. The molecule has 194 valence electrons. The summed E-state index contributed by atoms with van der Waals surface area (Å²) in [5.41, 5.74) is -0.428. The maximum Gasteiger partial charge on any atom is 0.296 e. The van der Waals surface area contributed by atoms with Gasteiger partial charge in [-0.3, -0.25) is 19.3 Å². The van der Waals surface area contributed by atoms with Crippen molar-refractivity contribution in [1.82, 2.24) is 9.80 Å². The van der Waals surface area contributed by atoms with Crippen molar-refractivity contribution in [1.29, 1.82) is 0 Å². The first-order valence-corrected chi connectivity index (χ1v) is 12.6. The number of likely N-dealkylation sites (tertiary alicyclic amines) is 1. The standard InChI is InChI=1S/C28H31N3O6/c1-3-30-22-8-5-4-7-21(22)28(27(30)35)23(24(32)19-9-11-20(36-2)12-10-19)25(33)26(34)31(28)14-6-13-29-15-17-37-18-16-29/h4-5,7-12,32H,3,6,13-18H2,1-2H3. The SMILES string of the molecule is CCN1C(=O)C2(C(=C(O)c3ccc(OC)cc3)C(=O)C(=O)N2CCCN2CCOCC2)c2ccccc21. The molecule has 1 unspecified atom stereocenters. The Balaban J connectivity index is 1.63. The molecule has 0 aliphatic carbocycles. The minimum atomic E-state index is -1.73. The molecular weight excluding hydrogens is 474 g/mol. The Morgan fingerprint density at radius 2 is 1.73 bits per heavy atom. The number of para-hydroxylation sites is 1. The number of morpholine rings is 1. The van der Waals surface area contributed by atoms with Crippen LogP contribution in [-0.4, -0.2) is 85.6 Å². The molecule has 1 spiro atoms. The topological polar surface area (TPSA) is 99.6 Å². The van der Waals surface area contributed by atoms with Crippen LogP contribution in [0.1, 0.15) is 24.5 Å². The lowest BCUT2D eigenvalue weighted by Crippen LogP contribution is -2.52. The largest absolute Gasteiger partial charge is 0.507 e. The van der Waals surface area contributed by atoms with Crippen LogP contribution in [0.3, 0.4) is 0 Å². The Morgan fingerprint density at radius 3 is 2.41 bits per heavy atom. The van der Waals surface area contributed by atoms with Crippen LogP contribution in [0.4, 0.5) is 5.69 Å². The third-order valence-electron chi connectivity index (χ3n) is 7.45. The van der Waals surface area contributed by atoms with Gasteiger partial charge in [-0.25, -0.2) is 0 Å². The van der Waals surface area contributed by atoms with E-state index in [0.29, 0.717) is 55.3 Å². The Kier molecular flexibility index (Phi) is 6.74. The number of methoxy groups -OCH3 is 1. The summed E-state index contributed by atoms with van der Waals surface area (Å²) in [7, 11) is 1.53. The molecule has 1 N–H and O–H groups in total. The number of ether oxygens (including phenoxy) is 2. The number of hydrogen-bond donors (Lipinski definition) is 1. The number of hydrogen-bond acceptors (Lipinski definition) is 7. The molecule has 0 aromatic heterocycles. The third kappa shape index (κ3) is 3.89. The number of benzene rings is 2. The molecule has 1 atom stereocenters. The zero-order chi connectivity index (χ0) is 26.2. The maximum atomic E-state index is 14.2. The van der Waals surface area contributed by atoms with Crippen LogP contribution < -0.4 is 9.64 Å². The Bertz CT molecular complexity index is 1250. The van der Waals surface area contributed by atoms with Gasteiger partial charge in [0.25, 0.3) is 17.6 Å². The molecule has 2 amide bonds. The van der Waals surface area contributed by atoms with Crippen LogP contribution in [-0.2, 0) is 24.7 Å². The molecule has 5 rings (SSSR count). The minimum Gasteiger partial charge on any atom is -0.507 e. The second kappa shape index (κ2) is 9.99. The molecule has 2 aromatic rings. The van der Waals surface area contributed by atoms with Gasteiger partial charge >= 0.3 is 0 Å². The van der Waals surface area contributed by atoms with E-state index < -0.39 is 23.1 Å². The van der Waals surface area contributed by atoms with Gasteiger partial charge in [-0.05, 0) is 43.7 Å². The minimum absolute atomic E-state index is 0.192. The molecule has 3 aliphatic heterocycles. The molecule has 3 aliphatic rings. The number of likely N-dealkylation sites (N-methyl/N-ethyl adjacent to an activating group) is 1. The van der Waals surface area contributed by atoms with E-state index in [4.69, 9.17) is 9.47 Å². The number of anilines is 1. The number of Topliss-reactive ketones (excluding diaryl/α,β-unsaturated/α-hetero) is 1. The Morgan fingerprint density at radius 1 is 1.03 bits per heavy atom. The van der Waals surface area contributed by atoms with Crippen molar-refractivity contribution in [3.05, 3.63) is 65.2 Å². The van der Waals surface area contributed by atoms with Crippen molar-refractivity contribution in [3.63, 3.8) is 0 Å². The summed E-state index contributed by atoms with van der Waals surface area (Å²) in [4.78, 5) is 46.6. The first-order chi connectivity index (χ1) is 17.9. The van der Waals surface area contributed by atoms with E-state index in [1.54, 1.807) is 41.3 Å². The van der Waals surface area contributed by atoms with Crippen LogP contribution in [0.5, 0.6) is 5.75 Å². The van der Waals surface area contributed by atoms with Crippen LogP contribution in [0.25, 0.3) is 5.76 Å². The van der Waals surface area contributed by atoms with Crippen LogP contribution in [0, 0.1) is 0 Å². The molecule has 2 fully saturated rings. The predicted molar refractivity (Wildman–Crippen MR) is 137 cm³/mol. The highest BCUT2D eigenvalue weighted by Gasteiger charge is 2.66. The van der Waals surface area contributed by atoms with Gasteiger partial charge in [-0.1, -0.05) is 18.2 Å². The molecule has 9 nitrogen and oxygen atoms in total. The molecule has 0 radical (unpaired) electrons. The van der Waals surface area contributed by atoms with Gasteiger partial charge in [0.05, 0.1) is 31.6 Å². The molecule has 0 bridgehead atoms. The van der Waals surface area contributed by atoms with Crippen molar-refractivity contribution in [2.45, 2.75) is 18.9 Å². The average molecular weight is 506 g/mol. The highest BCUT2D eigenvalue weighted by Crippen LogP contribution is 2.53. The maximum absolute atomic E-state index is 14.2. The van der Waals surface area contributed by atoms with E-state index in [0.717, 1.165) is 13.1 Å². The lowest BCUT2D eigenvalue weighted by atomic mass is 9.82. The van der Waals surface area contributed by atoms with E-state index >= 15 is 0 Å². The molecule has 3 heterocycles. The van der Waals surface area contributed by atoms with Crippen LogP contribution in [0.15, 0.2) is 54.1 Å². The summed E-state index contributed by atoms with van der Waals surface area (Å²) in [5.74, 6) is -1.84. The summed E-state index contributed by atoms with van der Waals surface area (Å²) >= 11 is 0. The highest BCUT2D eigenvalue weighted by molar-refractivity contribution is 6.50. The zero-order valence-electron chi connectivity index (χ0n) is 21.1. The van der Waals surface area contributed by atoms with Crippen molar-refractivity contribution < 1.29 is 29.0 Å². The van der Waals surface area contributed by atoms with Gasteiger partial charge in [0.15, 0.2) is 5.54 Å². The molecule has 9 heteroatoms. The summed E-state index contributed by atoms with van der Waals surface area (Å²) in [5, 5.41) is 11.5. The van der Waals surface area contributed by atoms with Crippen molar-refractivity contribution >= 4 is 29.0 Å². The van der Waals surface area contributed by atoms with E-state index in [-0.39, 0.29) is 17.9 Å². The third-order valence-corrected chi connectivity index (χ3v) is 7.45. The molecule has 2 aromatic carbocycles. The molecule has 2 saturated heterocycles. The van der Waals surface area contributed by atoms with E-state index in [2.05, 4.69) is 4.90 Å². The normalized spacial score (nSPS) is 23.2.